The molecule has 0 radical (unpaired) electrons. The van der Waals surface area contributed by atoms with Crippen molar-refractivity contribution < 1.29 is 9.15 Å². The van der Waals surface area contributed by atoms with E-state index >= 15 is 0 Å². The Hall–Kier alpha value is -2.99. The van der Waals surface area contributed by atoms with E-state index in [9.17, 15) is 0 Å². The van der Waals surface area contributed by atoms with E-state index in [4.69, 9.17) is 21.4 Å². The molecule has 2 aromatic carbocycles. The van der Waals surface area contributed by atoms with Crippen LogP contribution >= 0.6 is 12.2 Å². The third-order valence-electron chi connectivity index (χ3n) is 5.08. The van der Waals surface area contributed by atoms with Gasteiger partial charge in [-0.15, -0.1) is 0 Å². The molecule has 0 aliphatic rings. The fraction of sp³-hybridized carbons (Fsp3) is 0.320. The molecule has 0 atom stereocenters. The third-order valence-corrected chi connectivity index (χ3v) is 5.44. The Morgan fingerprint density at radius 3 is 2.32 bits per heavy atom. The molecule has 1 N–H and O–H groups in total. The highest BCUT2D eigenvalue weighted by molar-refractivity contribution is 7.80. The lowest BCUT2D eigenvalue weighted by molar-refractivity contribution is 0.341. The Morgan fingerprint density at radius 1 is 0.935 bits per heavy atom. The average Bonchev–Trinajstić information content (AvgIpc) is 3.30. The van der Waals surface area contributed by atoms with Gasteiger partial charge in [-0.1, -0.05) is 24.3 Å². The summed E-state index contributed by atoms with van der Waals surface area (Å²) in [7, 11) is 0. The fourth-order valence-corrected chi connectivity index (χ4v) is 3.70. The minimum absolute atomic E-state index is 0.577. The molecule has 5 nitrogen and oxygen atoms in total. The molecule has 0 aliphatic carbocycles. The zero-order valence-corrected chi connectivity index (χ0v) is 19.3. The SMILES string of the molecule is CCOc1ccccc1NC(=S)N(Cc1ccc(N(CC)CC)cc1)Cc1ccco1. The topological polar surface area (TPSA) is 40.9 Å². The van der Waals surface area contributed by atoms with Gasteiger partial charge in [-0.25, -0.2) is 0 Å². The number of hydrogen-bond acceptors (Lipinski definition) is 4. The monoisotopic (exact) mass is 437 g/mol. The Kier molecular flexibility index (Phi) is 8.35. The number of nitrogens with zero attached hydrogens (tertiary/aromatic N) is 2. The first-order valence-electron chi connectivity index (χ1n) is 10.8. The van der Waals surface area contributed by atoms with E-state index in [-0.39, 0.29) is 0 Å². The molecule has 3 aromatic rings. The van der Waals surface area contributed by atoms with E-state index in [1.165, 1.54) is 11.3 Å². The van der Waals surface area contributed by atoms with Crippen molar-refractivity contribution in [2.45, 2.75) is 33.9 Å². The zero-order chi connectivity index (χ0) is 22.1. The Balaban J connectivity index is 1.77. The van der Waals surface area contributed by atoms with Gasteiger partial charge in [0.25, 0.3) is 0 Å². The second-order valence-electron chi connectivity index (χ2n) is 7.13. The van der Waals surface area contributed by atoms with Crippen LogP contribution in [-0.2, 0) is 13.1 Å². The lowest BCUT2D eigenvalue weighted by Crippen LogP contribution is -2.33. The van der Waals surface area contributed by atoms with Gasteiger partial charge in [-0.2, -0.15) is 0 Å². The van der Waals surface area contributed by atoms with Gasteiger partial charge in [0.05, 0.1) is 25.1 Å². The highest BCUT2D eigenvalue weighted by atomic mass is 32.1. The Morgan fingerprint density at radius 2 is 1.68 bits per heavy atom. The molecule has 0 bridgehead atoms. The van der Waals surface area contributed by atoms with Crippen molar-refractivity contribution in [3.8, 4) is 5.75 Å². The highest BCUT2D eigenvalue weighted by Crippen LogP contribution is 2.25. The Labute approximate surface area is 190 Å². The van der Waals surface area contributed by atoms with Crippen molar-refractivity contribution in [2.75, 3.05) is 29.9 Å². The first-order chi connectivity index (χ1) is 15.1. The predicted molar refractivity (Wildman–Crippen MR) is 132 cm³/mol. The number of nitrogens with one attached hydrogen (secondary N) is 1. The number of furan rings is 1. The van der Waals surface area contributed by atoms with E-state index in [1.54, 1.807) is 6.26 Å². The van der Waals surface area contributed by atoms with Gasteiger partial charge >= 0.3 is 0 Å². The lowest BCUT2D eigenvalue weighted by Gasteiger charge is -2.26. The predicted octanol–water partition coefficient (Wildman–Crippen LogP) is 5.92. The molecule has 31 heavy (non-hydrogen) atoms. The number of rotatable bonds is 10. The van der Waals surface area contributed by atoms with E-state index in [2.05, 4.69) is 53.2 Å². The van der Waals surface area contributed by atoms with Gasteiger partial charge in [0.2, 0.25) is 0 Å². The van der Waals surface area contributed by atoms with Crippen LogP contribution in [-0.4, -0.2) is 29.7 Å². The summed E-state index contributed by atoms with van der Waals surface area (Å²) in [6.07, 6.45) is 1.69. The van der Waals surface area contributed by atoms with Crippen LogP contribution < -0.4 is 15.0 Å². The van der Waals surface area contributed by atoms with Crippen molar-refractivity contribution in [1.82, 2.24) is 4.90 Å². The molecule has 0 amide bonds. The van der Waals surface area contributed by atoms with E-state index in [0.29, 0.717) is 24.8 Å². The van der Waals surface area contributed by atoms with E-state index < -0.39 is 0 Å². The Bertz CT molecular complexity index is 938. The van der Waals surface area contributed by atoms with Gasteiger partial charge in [-0.3, -0.25) is 0 Å². The highest BCUT2D eigenvalue weighted by Gasteiger charge is 2.15. The summed E-state index contributed by atoms with van der Waals surface area (Å²) in [6.45, 7) is 10.1. The van der Waals surface area contributed by atoms with Crippen LogP contribution in [0, 0.1) is 0 Å². The van der Waals surface area contributed by atoms with E-state index in [1.807, 2.05) is 43.3 Å². The molecule has 0 aliphatic heterocycles. The molecule has 0 saturated carbocycles. The third kappa shape index (κ3) is 6.25. The molecule has 1 heterocycles. The van der Waals surface area contributed by atoms with Crippen LogP contribution in [0.3, 0.4) is 0 Å². The number of ether oxygens (including phenoxy) is 1. The van der Waals surface area contributed by atoms with Gasteiger partial charge in [-0.05, 0) is 75.0 Å². The molecule has 1 aromatic heterocycles. The average molecular weight is 438 g/mol. The van der Waals surface area contributed by atoms with Gasteiger partial charge in [0.1, 0.15) is 11.5 Å². The zero-order valence-electron chi connectivity index (χ0n) is 18.5. The number of para-hydroxylation sites is 2. The van der Waals surface area contributed by atoms with Crippen molar-refractivity contribution >= 4 is 28.7 Å². The number of anilines is 2. The smallest absolute Gasteiger partial charge is 0.174 e. The quantitative estimate of drug-likeness (QED) is 0.397. The maximum Gasteiger partial charge on any atom is 0.174 e. The summed E-state index contributed by atoms with van der Waals surface area (Å²) in [5.41, 5.74) is 3.28. The van der Waals surface area contributed by atoms with Gasteiger partial charge in [0.15, 0.2) is 5.11 Å². The molecule has 0 unspecified atom stereocenters. The summed E-state index contributed by atoms with van der Waals surface area (Å²) in [5.74, 6) is 1.65. The summed E-state index contributed by atoms with van der Waals surface area (Å²) in [5, 5.41) is 3.98. The number of hydrogen-bond donors (Lipinski definition) is 1. The van der Waals surface area contributed by atoms with Crippen LogP contribution in [0.5, 0.6) is 5.75 Å². The molecule has 3 rings (SSSR count). The molecule has 6 heteroatoms. The van der Waals surface area contributed by atoms with Gasteiger partial charge < -0.3 is 24.3 Å². The van der Waals surface area contributed by atoms with Crippen LogP contribution in [0.25, 0.3) is 0 Å². The fourth-order valence-electron chi connectivity index (χ4n) is 3.46. The minimum Gasteiger partial charge on any atom is -0.492 e. The molecule has 0 spiro atoms. The molecule has 164 valence electrons. The second-order valence-corrected chi connectivity index (χ2v) is 7.52. The summed E-state index contributed by atoms with van der Waals surface area (Å²) >= 11 is 5.79. The van der Waals surface area contributed by atoms with Crippen molar-refractivity contribution in [3.63, 3.8) is 0 Å². The van der Waals surface area contributed by atoms with Crippen molar-refractivity contribution in [2.24, 2.45) is 0 Å². The molecular weight excluding hydrogens is 406 g/mol. The van der Waals surface area contributed by atoms with Crippen molar-refractivity contribution in [3.05, 3.63) is 78.3 Å². The number of benzene rings is 2. The van der Waals surface area contributed by atoms with Crippen LogP contribution in [0.4, 0.5) is 11.4 Å². The number of thiocarbonyl (C=S) groups is 1. The summed E-state index contributed by atoms with van der Waals surface area (Å²) in [6, 6.07) is 20.4. The standard InChI is InChI=1S/C25H31N3O2S/c1-4-27(5-2)21-15-13-20(14-16-21)18-28(19-22-10-9-17-30-22)25(31)26-23-11-7-8-12-24(23)29-6-3/h7-17H,4-6,18-19H2,1-3H3,(H,26,31). The van der Waals surface area contributed by atoms with Crippen LogP contribution in [0.15, 0.2) is 71.3 Å². The van der Waals surface area contributed by atoms with Crippen molar-refractivity contribution in [1.29, 1.82) is 0 Å². The summed E-state index contributed by atoms with van der Waals surface area (Å²) in [4.78, 5) is 4.44. The summed E-state index contributed by atoms with van der Waals surface area (Å²) < 4.78 is 11.3. The first-order valence-corrected chi connectivity index (χ1v) is 11.2. The molecule has 0 saturated heterocycles. The maximum atomic E-state index is 5.79. The first kappa shape index (κ1) is 22.7. The van der Waals surface area contributed by atoms with Crippen LogP contribution in [0.1, 0.15) is 32.1 Å². The normalized spacial score (nSPS) is 10.5. The largest absolute Gasteiger partial charge is 0.492 e. The minimum atomic E-state index is 0.577. The van der Waals surface area contributed by atoms with E-state index in [0.717, 1.165) is 30.3 Å². The van der Waals surface area contributed by atoms with Crippen LogP contribution in [0.2, 0.25) is 0 Å². The molecule has 0 fully saturated rings. The maximum absolute atomic E-state index is 5.79. The molecular formula is C25H31N3O2S. The second kappa shape index (κ2) is 11.4. The lowest BCUT2D eigenvalue weighted by atomic mass is 10.1. The van der Waals surface area contributed by atoms with Gasteiger partial charge in [0, 0.05) is 25.3 Å².